The van der Waals surface area contributed by atoms with Crippen molar-refractivity contribution in [3.63, 3.8) is 0 Å². The summed E-state index contributed by atoms with van der Waals surface area (Å²) < 4.78 is 10.8. The molecule has 0 heterocycles. The average molecular weight is 169 g/mol. The van der Waals surface area contributed by atoms with Crippen LogP contribution in [0.1, 0.15) is 5.56 Å². The van der Waals surface area contributed by atoms with Crippen molar-refractivity contribution < 1.29 is 4.21 Å². The van der Waals surface area contributed by atoms with Gasteiger partial charge in [-0.15, -0.1) is 0 Å². The highest BCUT2D eigenvalue weighted by Crippen LogP contribution is 2.06. The van der Waals surface area contributed by atoms with Gasteiger partial charge in [0.1, 0.15) is 0 Å². The predicted molar refractivity (Wildman–Crippen MR) is 48.6 cm³/mol. The molecule has 0 aromatic heterocycles. The van der Waals surface area contributed by atoms with Crippen molar-refractivity contribution >= 4 is 16.5 Å². The first kappa shape index (κ1) is 8.27. The number of nitrogen functional groups attached to an aromatic ring is 1. The highest BCUT2D eigenvalue weighted by molar-refractivity contribution is 7.83. The molecule has 0 spiro atoms. The number of rotatable bonds is 2. The zero-order valence-corrected chi connectivity index (χ0v) is 7.23. The lowest BCUT2D eigenvalue weighted by atomic mass is 10.2. The third kappa shape index (κ3) is 2.72. The van der Waals surface area contributed by atoms with Crippen LogP contribution < -0.4 is 5.73 Å². The van der Waals surface area contributed by atoms with Crippen LogP contribution in [0.3, 0.4) is 0 Å². The first-order chi connectivity index (χ1) is 5.18. The molecule has 0 unspecified atom stereocenters. The number of nitrogens with two attached hydrogens (primary N) is 1. The van der Waals surface area contributed by atoms with Crippen molar-refractivity contribution in [3.05, 3.63) is 29.8 Å². The topological polar surface area (TPSA) is 43.1 Å². The molecule has 1 aromatic rings. The highest BCUT2D eigenvalue weighted by Gasteiger charge is 1.94. The van der Waals surface area contributed by atoms with E-state index < -0.39 is 10.8 Å². The second-order valence-corrected chi connectivity index (χ2v) is 3.89. The van der Waals surface area contributed by atoms with Crippen molar-refractivity contribution in [2.24, 2.45) is 0 Å². The quantitative estimate of drug-likeness (QED) is 0.675. The van der Waals surface area contributed by atoms with E-state index in [0.29, 0.717) is 5.75 Å². The molecule has 1 aromatic carbocycles. The Labute approximate surface area is 68.9 Å². The molecule has 0 saturated carbocycles. The summed E-state index contributed by atoms with van der Waals surface area (Å²) in [5.74, 6) is 0.611. The Kier molecular flexibility index (Phi) is 2.65. The smallest absolute Gasteiger partial charge is 0.0482 e. The molecule has 0 aliphatic rings. The van der Waals surface area contributed by atoms with Gasteiger partial charge in [-0.05, 0) is 17.7 Å². The van der Waals surface area contributed by atoms with Crippen molar-refractivity contribution in [3.8, 4) is 0 Å². The summed E-state index contributed by atoms with van der Waals surface area (Å²) in [5, 5.41) is 0. The molecule has 0 amide bonds. The molecule has 0 fully saturated rings. The van der Waals surface area contributed by atoms with E-state index in [0.717, 1.165) is 11.3 Å². The van der Waals surface area contributed by atoms with Gasteiger partial charge in [0.15, 0.2) is 0 Å². The maximum absolute atomic E-state index is 10.8. The molecule has 1 atom stereocenters. The number of hydrogen-bond acceptors (Lipinski definition) is 2. The third-order valence-electron chi connectivity index (χ3n) is 1.35. The molecule has 0 aliphatic carbocycles. The van der Waals surface area contributed by atoms with Crippen LogP contribution in [-0.2, 0) is 16.6 Å². The first-order valence-corrected chi connectivity index (χ1v) is 5.05. The van der Waals surface area contributed by atoms with Crippen molar-refractivity contribution in [2.75, 3.05) is 12.0 Å². The van der Waals surface area contributed by atoms with E-state index in [9.17, 15) is 4.21 Å². The summed E-state index contributed by atoms with van der Waals surface area (Å²) in [6, 6.07) is 7.44. The fourth-order valence-corrected chi connectivity index (χ4v) is 1.51. The third-order valence-corrected chi connectivity index (χ3v) is 2.09. The predicted octanol–water partition coefficient (Wildman–Crippen LogP) is 1.15. The molecular formula is C8H11NOS. The Morgan fingerprint density at radius 2 is 1.91 bits per heavy atom. The van der Waals surface area contributed by atoms with E-state index in [2.05, 4.69) is 0 Å². The van der Waals surface area contributed by atoms with Crippen LogP contribution in [0.25, 0.3) is 0 Å². The lowest BCUT2D eigenvalue weighted by molar-refractivity contribution is 0.686. The molecule has 60 valence electrons. The van der Waals surface area contributed by atoms with Gasteiger partial charge < -0.3 is 5.73 Å². The van der Waals surface area contributed by atoms with Crippen molar-refractivity contribution in [2.45, 2.75) is 5.75 Å². The van der Waals surface area contributed by atoms with Gasteiger partial charge in [0.05, 0.1) is 0 Å². The SMILES string of the molecule is C[S@@](=O)Cc1ccc(N)cc1. The Balaban J connectivity index is 2.74. The summed E-state index contributed by atoms with van der Waals surface area (Å²) in [5.41, 5.74) is 7.30. The fourth-order valence-electron chi connectivity index (χ4n) is 0.849. The van der Waals surface area contributed by atoms with E-state index in [1.54, 1.807) is 6.26 Å². The largest absolute Gasteiger partial charge is 0.399 e. The summed E-state index contributed by atoms with van der Waals surface area (Å²) in [6.45, 7) is 0. The minimum Gasteiger partial charge on any atom is -0.399 e. The second kappa shape index (κ2) is 3.53. The molecular weight excluding hydrogens is 158 g/mol. The summed E-state index contributed by atoms with van der Waals surface area (Å²) in [6.07, 6.45) is 1.69. The van der Waals surface area contributed by atoms with Crippen LogP contribution in [-0.4, -0.2) is 10.5 Å². The molecule has 11 heavy (non-hydrogen) atoms. The average Bonchev–Trinajstić information content (AvgIpc) is 1.93. The fraction of sp³-hybridized carbons (Fsp3) is 0.250. The zero-order valence-electron chi connectivity index (χ0n) is 6.41. The maximum atomic E-state index is 10.8. The van der Waals surface area contributed by atoms with Gasteiger partial charge in [-0.1, -0.05) is 12.1 Å². The Hall–Kier alpha value is -0.830. The van der Waals surface area contributed by atoms with Gasteiger partial charge >= 0.3 is 0 Å². The minimum atomic E-state index is -0.764. The monoisotopic (exact) mass is 169 g/mol. The molecule has 1 rings (SSSR count). The lowest BCUT2D eigenvalue weighted by Crippen LogP contribution is -1.92. The summed E-state index contributed by atoms with van der Waals surface area (Å²) >= 11 is 0. The Morgan fingerprint density at radius 1 is 1.36 bits per heavy atom. The van der Waals surface area contributed by atoms with Crippen LogP contribution in [0, 0.1) is 0 Å². The van der Waals surface area contributed by atoms with E-state index in [4.69, 9.17) is 5.73 Å². The molecule has 2 N–H and O–H groups in total. The number of anilines is 1. The number of hydrogen-bond donors (Lipinski definition) is 1. The highest BCUT2D eigenvalue weighted by atomic mass is 32.2. The standard InChI is InChI=1S/C8H11NOS/c1-11(10)6-7-2-4-8(9)5-3-7/h2-5H,6,9H2,1H3/t11-/m1/s1. The molecule has 0 bridgehead atoms. The molecule has 2 nitrogen and oxygen atoms in total. The second-order valence-electron chi connectivity index (χ2n) is 2.46. The lowest BCUT2D eigenvalue weighted by Gasteiger charge is -1.97. The zero-order chi connectivity index (χ0) is 8.27. The van der Waals surface area contributed by atoms with Crippen LogP contribution >= 0.6 is 0 Å². The van der Waals surface area contributed by atoms with Crippen molar-refractivity contribution in [1.82, 2.24) is 0 Å². The van der Waals surface area contributed by atoms with E-state index in [-0.39, 0.29) is 0 Å². The molecule has 0 aliphatic heterocycles. The van der Waals surface area contributed by atoms with Crippen molar-refractivity contribution in [1.29, 1.82) is 0 Å². The molecule has 0 radical (unpaired) electrons. The van der Waals surface area contributed by atoms with Gasteiger partial charge in [0.2, 0.25) is 0 Å². The van der Waals surface area contributed by atoms with Gasteiger partial charge in [-0.25, -0.2) is 0 Å². The van der Waals surface area contributed by atoms with Crippen LogP contribution in [0.15, 0.2) is 24.3 Å². The van der Waals surface area contributed by atoms with E-state index >= 15 is 0 Å². The van der Waals surface area contributed by atoms with Gasteiger partial charge in [0, 0.05) is 28.5 Å². The van der Waals surface area contributed by atoms with Crippen LogP contribution in [0.2, 0.25) is 0 Å². The summed E-state index contributed by atoms with van der Waals surface area (Å²) in [7, 11) is -0.764. The normalized spacial score (nSPS) is 12.8. The molecule has 3 heteroatoms. The van der Waals surface area contributed by atoms with Crippen LogP contribution in [0.4, 0.5) is 5.69 Å². The van der Waals surface area contributed by atoms with Gasteiger partial charge in [-0.3, -0.25) is 4.21 Å². The van der Waals surface area contributed by atoms with E-state index in [1.165, 1.54) is 0 Å². The van der Waals surface area contributed by atoms with Crippen LogP contribution in [0.5, 0.6) is 0 Å². The Morgan fingerprint density at radius 3 is 2.36 bits per heavy atom. The maximum Gasteiger partial charge on any atom is 0.0482 e. The van der Waals surface area contributed by atoms with Gasteiger partial charge in [-0.2, -0.15) is 0 Å². The number of benzene rings is 1. The minimum absolute atomic E-state index is 0.611. The van der Waals surface area contributed by atoms with Gasteiger partial charge in [0.25, 0.3) is 0 Å². The Bertz CT molecular complexity index is 255. The first-order valence-electron chi connectivity index (χ1n) is 3.33. The molecule has 0 saturated heterocycles. The summed E-state index contributed by atoms with van der Waals surface area (Å²) in [4.78, 5) is 0. The van der Waals surface area contributed by atoms with E-state index in [1.807, 2.05) is 24.3 Å².